The number of hydrogen-bond donors (Lipinski definition) is 0. The van der Waals surface area contributed by atoms with Crippen molar-refractivity contribution < 1.29 is 19.2 Å². The van der Waals surface area contributed by atoms with E-state index in [0.29, 0.717) is 10.8 Å². The van der Waals surface area contributed by atoms with Crippen molar-refractivity contribution in [2.45, 2.75) is 12.8 Å². The number of amides is 3. The highest BCUT2D eigenvalue weighted by Crippen LogP contribution is 2.16. The third-order valence-electron chi connectivity index (χ3n) is 2.59. The van der Waals surface area contributed by atoms with Crippen molar-refractivity contribution >= 4 is 23.6 Å². The van der Waals surface area contributed by atoms with Gasteiger partial charge in [-0.15, -0.1) is 5.06 Å². The minimum atomic E-state index is -0.773. The molecule has 94 valence electrons. The Hall–Kier alpha value is -2.37. The van der Waals surface area contributed by atoms with E-state index >= 15 is 0 Å². The first-order chi connectivity index (χ1) is 8.59. The molecule has 1 fully saturated rings. The summed E-state index contributed by atoms with van der Waals surface area (Å²) < 4.78 is 0. The third kappa shape index (κ3) is 2.32. The molecule has 0 bridgehead atoms. The minimum absolute atomic E-state index is 0.0845. The molecule has 3 amide bonds. The van der Waals surface area contributed by atoms with E-state index < -0.39 is 17.9 Å². The third-order valence-corrected chi connectivity index (χ3v) is 2.59. The second kappa shape index (κ2) is 4.87. The lowest BCUT2D eigenvalue weighted by molar-refractivity contribution is -0.170. The lowest BCUT2D eigenvalue weighted by Crippen LogP contribution is -2.38. The van der Waals surface area contributed by atoms with Gasteiger partial charge in [-0.05, 0) is 12.1 Å². The molecule has 2 rings (SSSR count). The molecule has 18 heavy (non-hydrogen) atoms. The summed E-state index contributed by atoms with van der Waals surface area (Å²) >= 11 is 0. The maximum absolute atomic E-state index is 11.7. The van der Waals surface area contributed by atoms with Gasteiger partial charge < -0.3 is 4.84 Å². The van der Waals surface area contributed by atoms with Crippen LogP contribution in [-0.2, 0) is 14.4 Å². The number of para-hydroxylation sites is 1. The normalized spacial score (nSPS) is 14.8. The Bertz CT molecular complexity index is 470. The maximum Gasteiger partial charge on any atom is 0.439 e. The number of rotatable bonds is 2. The van der Waals surface area contributed by atoms with Crippen LogP contribution in [-0.4, -0.2) is 30.0 Å². The van der Waals surface area contributed by atoms with Crippen molar-refractivity contribution in [1.82, 2.24) is 5.06 Å². The first-order valence-electron chi connectivity index (χ1n) is 5.46. The van der Waals surface area contributed by atoms with Crippen LogP contribution in [0.3, 0.4) is 0 Å². The van der Waals surface area contributed by atoms with E-state index in [1.54, 1.807) is 24.3 Å². The summed E-state index contributed by atoms with van der Waals surface area (Å²) in [6.07, 6.45) is -0.604. The van der Waals surface area contributed by atoms with Crippen LogP contribution in [0.1, 0.15) is 12.8 Å². The van der Waals surface area contributed by atoms with Crippen molar-refractivity contribution in [2.24, 2.45) is 0 Å². The molecule has 0 unspecified atom stereocenters. The van der Waals surface area contributed by atoms with E-state index in [0.717, 1.165) is 0 Å². The fourth-order valence-corrected chi connectivity index (χ4v) is 1.55. The van der Waals surface area contributed by atoms with E-state index in [1.807, 2.05) is 6.07 Å². The fourth-order valence-electron chi connectivity index (χ4n) is 1.55. The van der Waals surface area contributed by atoms with Crippen LogP contribution in [0.4, 0.5) is 10.5 Å². The number of hydroxylamine groups is 2. The molecule has 0 N–H and O–H groups in total. The van der Waals surface area contributed by atoms with Crippen LogP contribution in [0, 0.1) is 0 Å². The van der Waals surface area contributed by atoms with Gasteiger partial charge >= 0.3 is 6.09 Å². The zero-order valence-electron chi connectivity index (χ0n) is 9.83. The van der Waals surface area contributed by atoms with Gasteiger partial charge in [-0.2, -0.15) is 0 Å². The Kier molecular flexibility index (Phi) is 3.27. The molecule has 6 heteroatoms. The molecule has 0 atom stereocenters. The van der Waals surface area contributed by atoms with E-state index in [4.69, 9.17) is 4.84 Å². The van der Waals surface area contributed by atoms with Gasteiger partial charge in [0.25, 0.3) is 11.8 Å². The smallest absolute Gasteiger partial charge is 0.310 e. The van der Waals surface area contributed by atoms with Crippen molar-refractivity contribution in [2.75, 3.05) is 11.9 Å². The number of imide groups is 1. The van der Waals surface area contributed by atoms with Gasteiger partial charge in [-0.25, -0.2) is 4.79 Å². The van der Waals surface area contributed by atoms with Gasteiger partial charge in [0, 0.05) is 25.6 Å². The first-order valence-corrected chi connectivity index (χ1v) is 5.46. The molecular formula is C12H12N2O4. The monoisotopic (exact) mass is 248 g/mol. The summed E-state index contributed by atoms with van der Waals surface area (Å²) in [5.74, 6) is -0.982. The summed E-state index contributed by atoms with van der Waals surface area (Å²) in [7, 11) is 1.50. The van der Waals surface area contributed by atoms with E-state index in [1.165, 1.54) is 11.9 Å². The highest BCUT2D eigenvalue weighted by molar-refractivity contribution is 6.02. The quantitative estimate of drug-likeness (QED) is 0.740. The molecule has 1 aliphatic heterocycles. The van der Waals surface area contributed by atoms with Crippen LogP contribution in [0.15, 0.2) is 30.3 Å². The van der Waals surface area contributed by atoms with Crippen molar-refractivity contribution in [3.05, 3.63) is 30.3 Å². The zero-order chi connectivity index (χ0) is 13.1. The Morgan fingerprint density at radius 2 is 1.72 bits per heavy atom. The van der Waals surface area contributed by atoms with Crippen LogP contribution in [0.5, 0.6) is 0 Å². The summed E-state index contributed by atoms with van der Waals surface area (Å²) in [4.78, 5) is 40.3. The highest BCUT2D eigenvalue weighted by Gasteiger charge is 2.33. The van der Waals surface area contributed by atoms with E-state index in [9.17, 15) is 14.4 Å². The predicted octanol–water partition coefficient (Wildman–Crippen LogP) is 1.32. The van der Waals surface area contributed by atoms with Crippen molar-refractivity contribution in [3.63, 3.8) is 0 Å². The predicted molar refractivity (Wildman–Crippen MR) is 62.4 cm³/mol. The summed E-state index contributed by atoms with van der Waals surface area (Å²) in [6.45, 7) is 0. The Balaban J connectivity index is 2.04. The second-order valence-electron chi connectivity index (χ2n) is 3.83. The highest BCUT2D eigenvalue weighted by atomic mass is 16.7. The number of anilines is 1. The SMILES string of the molecule is CN(C(=O)ON1C(=O)CCC1=O)c1ccccc1. The van der Waals surface area contributed by atoms with Crippen molar-refractivity contribution in [3.8, 4) is 0 Å². The summed E-state index contributed by atoms with van der Waals surface area (Å²) in [5, 5.41) is 0.530. The largest absolute Gasteiger partial charge is 0.439 e. The molecular weight excluding hydrogens is 236 g/mol. The molecule has 6 nitrogen and oxygen atoms in total. The molecule has 1 heterocycles. The van der Waals surface area contributed by atoms with Gasteiger partial charge in [0.15, 0.2) is 0 Å². The summed E-state index contributed by atoms with van der Waals surface area (Å²) in [5.41, 5.74) is 0.613. The Morgan fingerprint density at radius 3 is 2.28 bits per heavy atom. The maximum atomic E-state index is 11.7. The van der Waals surface area contributed by atoms with E-state index in [2.05, 4.69) is 0 Å². The van der Waals surface area contributed by atoms with Gasteiger partial charge in [-0.1, -0.05) is 18.2 Å². The molecule has 1 aromatic rings. The number of nitrogens with zero attached hydrogens (tertiary/aromatic N) is 2. The standard InChI is InChI=1S/C12H12N2O4/c1-13(9-5-3-2-4-6-9)12(17)18-14-10(15)7-8-11(14)16/h2-6H,7-8H2,1H3. The fraction of sp³-hybridized carbons (Fsp3) is 0.250. The average Bonchev–Trinajstić information content (AvgIpc) is 2.70. The Morgan fingerprint density at radius 1 is 1.17 bits per heavy atom. The minimum Gasteiger partial charge on any atom is -0.310 e. The van der Waals surface area contributed by atoms with Crippen LogP contribution in [0.25, 0.3) is 0 Å². The molecule has 1 saturated heterocycles. The number of benzene rings is 1. The molecule has 1 aliphatic rings. The lowest BCUT2D eigenvalue weighted by atomic mass is 10.3. The average molecular weight is 248 g/mol. The molecule has 1 aromatic carbocycles. The number of carbonyl (C=O) groups excluding carboxylic acids is 3. The molecule has 0 aromatic heterocycles. The lowest BCUT2D eigenvalue weighted by Gasteiger charge is -2.19. The second-order valence-corrected chi connectivity index (χ2v) is 3.83. The van der Waals surface area contributed by atoms with Crippen molar-refractivity contribution in [1.29, 1.82) is 0 Å². The van der Waals surface area contributed by atoms with Crippen LogP contribution < -0.4 is 4.90 Å². The number of carbonyl (C=O) groups is 3. The Labute approximate surface area is 104 Å². The molecule has 0 saturated carbocycles. The molecule has 0 radical (unpaired) electrons. The molecule has 0 aliphatic carbocycles. The van der Waals surface area contributed by atoms with Gasteiger partial charge in [-0.3, -0.25) is 14.5 Å². The van der Waals surface area contributed by atoms with Crippen LogP contribution in [0.2, 0.25) is 0 Å². The first kappa shape index (κ1) is 12.1. The van der Waals surface area contributed by atoms with Crippen LogP contribution >= 0.6 is 0 Å². The topological polar surface area (TPSA) is 66.9 Å². The van der Waals surface area contributed by atoms with Gasteiger partial charge in [0.05, 0.1) is 0 Å². The molecule has 0 spiro atoms. The van der Waals surface area contributed by atoms with E-state index in [-0.39, 0.29) is 12.8 Å². The summed E-state index contributed by atoms with van der Waals surface area (Å²) in [6, 6.07) is 8.79. The number of hydrogen-bond acceptors (Lipinski definition) is 4. The zero-order valence-corrected chi connectivity index (χ0v) is 9.83. The van der Waals surface area contributed by atoms with Gasteiger partial charge in [0.2, 0.25) is 0 Å². The van der Waals surface area contributed by atoms with Gasteiger partial charge in [0.1, 0.15) is 0 Å².